The van der Waals surface area contributed by atoms with Crippen LogP contribution in [0.25, 0.3) is 109 Å². The van der Waals surface area contributed by atoms with Gasteiger partial charge in [-0.05, 0) is 48.5 Å². The summed E-state index contributed by atoms with van der Waals surface area (Å²) in [6.45, 7) is 0. The lowest BCUT2D eigenvalue weighted by molar-refractivity contribution is 1.06. The minimum atomic E-state index is 0.629. The molecule has 0 aliphatic rings. The molecule has 266 valence electrons. The topological polar surface area (TPSA) is 48.5 Å². The van der Waals surface area contributed by atoms with Crippen molar-refractivity contribution in [2.24, 2.45) is 0 Å². The van der Waals surface area contributed by atoms with Crippen molar-refractivity contribution < 1.29 is 0 Å². The predicted molar refractivity (Wildman–Crippen MR) is 238 cm³/mol. The number of fused-ring (bicyclic) bond motifs is 11. The van der Waals surface area contributed by atoms with E-state index in [-0.39, 0.29) is 0 Å². The first-order chi connectivity index (χ1) is 28.3. The second-order valence-electron chi connectivity index (χ2n) is 14.4. The molecule has 0 atom stereocenters. The first kappa shape index (κ1) is 31.9. The average Bonchev–Trinajstić information content (AvgIpc) is 3.95. The van der Waals surface area contributed by atoms with E-state index >= 15 is 0 Å². The van der Waals surface area contributed by atoms with E-state index in [1.54, 1.807) is 0 Å². The summed E-state index contributed by atoms with van der Waals surface area (Å²) in [5.74, 6) is 1.91. The third-order valence-corrected chi connectivity index (χ3v) is 12.4. The quantitative estimate of drug-likeness (QED) is 0.176. The van der Waals surface area contributed by atoms with Gasteiger partial charge in [0, 0.05) is 64.1 Å². The van der Waals surface area contributed by atoms with Crippen molar-refractivity contribution in [3.8, 4) is 45.5 Å². The molecule has 0 aliphatic carbocycles. The van der Waals surface area contributed by atoms with Crippen molar-refractivity contribution in [3.05, 3.63) is 188 Å². The number of rotatable bonds is 5. The molecular formula is C51H31N5S. The number of nitrogens with zero attached hydrogens (tertiary/aromatic N) is 5. The Balaban J connectivity index is 1.13. The number of thiophene rings is 1. The Morgan fingerprint density at radius 3 is 1.39 bits per heavy atom. The first-order valence-electron chi connectivity index (χ1n) is 19.1. The molecule has 0 unspecified atom stereocenters. The van der Waals surface area contributed by atoms with Crippen LogP contribution in [0.15, 0.2) is 188 Å². The smallest absolute Gasteiger partial charge is 0.166 e. The van der Waals surface area contributed by atoms with E-state index in [1.807, 2.05) is 47.7 Å². The summed E-state index contributed by atoms with van der Waals surface area (Å²) < 4.78 is 7.40. The van der Waals surface area contributed by atoms with Gasteiger partial charge >= 0.3 is 0 Å². The molecule has 0 bridgehead atoms. The lowest BCUT2D eigenvalue weighted by Gasteiger charge is -2.14. The van der Waals surface area contributed by atoms with Crippen molar-refractivity contribution >= 4 is 75.1 Å². The summed E-state index contributed by atoms with van der Waals surface area (Å²) in [4.78, 5) is 15.3. The fraction of sp³-hybridized carbons (Fsp3) is 0. The molecule has 12 rings (SSSR count). The molecule has 0 radical (unpaired) electrons. The van der Waals surface area contributed by atoms with Crippen LogP contribution in [0.4, 0.5) is 0 Å². The van der Waals surface area contributed by atoms with Crippen LogP contribution in [0.2, 0.25) is 0 Å². The van der Waals surface area contributed by atoms with E-state index in [9.17, 15) is 0 Å². The van der Waals surface area contributed by atoms with Crippen LogP contribution in [0.1, 0.15) is 0 Å². The lowest BCUT2D eigenvalue weighted by atomic mass is 10.1. The molecule has 4 aromatic heterocycles. The fourth-order valence-electron chi connectivity index (χ4n) is 8.70. The highest BCUT2D eigenvalue weighted by Gasteiger charge is 2.23. The van der Waals surface area contributed by atoms with E-state index in [0.29, 0.717) is 17.5 Å². The zero-order valence-corrected chi connectivity index (χ0v) is 31.4. The van der Waals surface area contributed by atoms with Crippen LogP contribution >= 0.6 is 11.3 Å². The zero-order valence-electron chi connectivity index (χ0n) is 30.5. The summed E-state index contributed by atoms with van der Waals surface area (Å²) >= 11 is 1.91. The number of para-hydroxylation sites is 4. The van der Waals surface area contributed by atoms with E-state index < -0.39 is 0 Å². The summed E-state index contributed by atoms with van der Waals surface area (Å²) in [5, 5.41) is 7.59. The van der Waals surface area contributed by atoms with Gasteiger partial charge in [0.1, 0.15) is 0 Å². The highest BCUT2D eigenvalue weighted by Crippen LogP contribution is 2.48. The molecule has 4 heterocycles. The lowest BCUT2D eigenvalue weighted by Crippen LogP contribution is -2.03. The van der Waals surface area contributed by atoms with Gasteiger partial charge in [0.2, 0.25) is 0 Å². The normalized spacial score (nSPS) is 11.9. The molecular weight excluding hydrogens is 715 g/mol. The molecule has 57 heavy (non-hydrogen) atoms. The van der Waals surface area contributed by atoms with Crippen molar-refractivity contribution in [1.82, 2.24) is 24.1 Å². The van der Waals surface area contributed by atoms with E-state index in [0.717, 1.165) is 33.4 Å². The van der Waals surface area contributed by atoms with E-state index in [1.165, 1.54) is 58.4 Å². The maximum absolute atomic E-state index is 5.15. The van der Waals surface area contributed by atoms with Crippen LogP contribution < -0.4 is 0 Å². The number of hydrogen-bond donors (Lipinski definition) is 0. The molecule has 6 heteroatoms. The molecule has 0 saturated carbocycles. The average molecular weight is 746 g/mol. The number of aromatic nitrogens is 5. The monoisotopic (exact) mass is 745 g/mol. The highest BCUT2D eigenvalue weighted by atomic mass is 32.1. The summed E-state index contributed by atoms with van der Waals surface area (Å²) in [6, 6.07) is 66.4. The Hall–Kier alpha value is -7.41. The summed E-state index contributed by atoms with van der Waals surface area (Å²) in [6.07, 6.45) is 0. The Morgan fingerprint density at radius 1 is 0.333 bits per heavy atom. The minimum Gasteiger partial charge on any atom is -0.309 e. The van der Waals surface area contributed by atoms with E-state index in [2.05, 4.69) is 161 Å². The van der Waals surface area contributed by atoms with Crippen LogP contribution in [0.5, 0.6) is 0 Å². The van der Waals surface area contributed by atoms with Crippen LogP contribution in [0, 0.1) is 0 Å². The molecule has 0 spiro atoms. The molecule has 0 saturated heterocycles. The highest BCUT2D eigenvalue weighted by molar-refractivity contribution is 7.27. The summed E-state index contributed by atoms with van der Waals surface area (Å²) in [5.41, 5.74) is 9.72. The van der Waals surface area contributed by atoms with Crippen LogP contribution in [0.3, 0.4) is 0 Å². The SMILES string of the molecule is c1ccc(-c2nc(-c3ccccc3)nc(-c3ccccc3-n3c4ccccc4c4c5sc6c(ccc7c6c6ccccc6n7-c6ccccc6)c5ccc43)n2)cc1. The maximum atomic E-state index is 5.15. The van der Waals surface area contributed by atoms with Gasteiger partial charge < -0.3 is 9.13 Å². The molecule has 0 amide bonds. The Labute approximate surface area is 331 Å². The fourth-order valence-corrected chi connectivity index (χ4v) is 10.1. The standard InChI is InChI=1S/C51H31N5S/c1-4-16-32(17-5-1)49-52-50(33-18-6-2-7-19-33)54-51(53-49)39-24-12-15-27-42(39)56-41-26-14-11-23-38(41)46-44(56)31-29-36-35-28-30-43-45(47(35)57-48(36)46)37-22-10-13-25-40(37)55(43)34-20-8-3-9-21-34/h1-31H. The van der Waals surface area contributed by atoms with Crippen molar-refractivity contribution in [2.75, 3.05) is 0 Å². The third-order valence-electron chi connectivity index (χ3n) is 11.2. The second-order valence-corrected chi connectivity index (χ2v) is 15.4. The van der Waals surface area contributed by atoms with Gasteiger partial charge in [-0.15, -0.1) is 11.3 Å². The van der Waals surface area contributed by atoms with Gasteiger partial charge in [-0.2, -0.15) is 0 Å². The van der Waals surface area contributed by atoms with Gasteiger partial charge in [0.25, 0.3) is 0 Å². The van der Waals surface area contributed by atoms with Crippen LogP contribution in [-0.2, 0) is 0 Å². The summed E-state index contributed by atoms with van der Waals surface area (Å²) in [7, 11) is 0. The van der Waals surface area contributed by atoms with Crippen LogP contribution in [-0.4, -0.2) is 24.1 Å². The molecule has 12 aromatic rings. The minimum absolute atomic E-state index is 0.629. The molecule has 0 aliphatic heterocycles. The molecule has 8 aromatic carbocycles. The Kier molecular flexibility index (Phi) is 7.03. The van der Waals surface area contributed by atoms with Gasteiger partial charge in [0.05, 0.1) is 27.8 Å². The molecule has 0 N–H and O–H groups in total. The van der Waals surface area contributed by atoms with Gasteiger partial charge in [-0.25, -0.2) is 15.0 Å². The Morgan fingerprint density at radius 2 is 0.789 bits per heavy atom. The van der Waals surface area contributed by atoms with Crippen molar-refractivity contribution in [3.63, 3.8) is 0 Å². The molecule has 5 nitrogen and oxygen atoms in total. The zero-order chi connectivity index (χ0) is 37.5. The van der Waals surface area contributed by atoms with Crippen molar-refractivity contribution in [2.45, 2.75) is 0 Å². The first-order valence-corrected chi connectivity index (χ1v) is 19.9. The second kappa shape index (κ2) is 12.6. The largest absolute Gasteiger partial charge is 0.309 e. The molecule has 0 fully saturated rings. The predicted octanol–water partition coefficient (Wildman–Crippen LogP) is 13.4. The van der Waals surface area contributed by atoms with Gasteiger partial charge in [-0.1, -0.05) is 140 Å². The number of benzene rings is 8. The van der Waals surface area contributed by atoms with Crippen molar-refractivity contribution in [1.29, 1.82) is 0 Å². The third kappa shape index (κ3) is 4.84. The number of hydrogen-bond acceptors (Lipinski definition) is 4. The Bertz CT molecular complexity index is 3450. The van der Waals surface area contributed by atoms with Gasteiger partial charge in [0.15, 0.2) is 17.5 Å². The maximum Gasteiger partial charge on any atom is 0.166 e. The van der Waals surface area contributed by atoms with E-state index in [4.69, 9.17) is 15.0 Å². The van der Waals surface area contributed by atoms with Gasteiger partial charge in [-0.3, -0.25) is 0 Å².